The van der Waals surface area contributed by atoms with Crippen molar-refractivity contribution in [2.75, 3.05) is 6.26 Å². The van der Waals surface area contributed by atoms with Gasteiger partial charge in [0.25, 0.3) is 0 Å². The van der Waals surface area contributed by atoms with Crippen molar-refractivity contribution in [2.45, 2.75) is 32.7 Å². The number of nitrogens with one attached hydrogen (secondary N) is 2. The van der Waals surface area contributed by atoms with Crippen molar-refractivity contribution in [1.82, 2.24) is 10.0 Å². The standard InChI is InChI=1S/C8H16N2O2S/c1-4-6(5-2)9-7(11)8(12)10-13-3/h6H,4-5H2,1-3H3,(H,9,11)(H,10,12). The summed E-state index contributed by atoms with van der Waals surface area (Å²) < 4.78 is 2.36. The molecule has 2 N–H and O–H groups in total. The maximum absolute atomic E-state index is 11.1. The highest BCUT2D eigenvalue weighted by atomic mass is 32.2. The number of hydrogen-bond donors (Lipinski definition) is 2. The molecule has 0 heterocycles. The lowest BCUT2D eigenvalue weighted by molar-refractivity contribution is -0.138. The zero-order valence-electron chi connectivity index (χ0n) is 8.22. The Morgan fingerprint density at radius 2 is 1.77 bits per heavy atom. The molecule has 0 radical (unpaired) electrons. The Morgan fingerprint density at radius 1 is 1.23 bits per heavy atom. The third kappa shape index (κ3) is 4.77. The Kier molecular flexibility index (Phi) is 6.40. The molecule has 0 aliphatic heterocycles. The van der Waals surface area contributed by atoms with Crippen LogP contribution in [0.4, 0.5) is 0 Å². The second kappa shape index (κ2) is 6.77. The van der Waals surface area contributed by atoms with E-state index in [-0.39, 0.29) is 6.04 Å². The number of hydrogen-bond acceptors (Lipinski definition) is 3. The van der Waals surface area contributed by atoms with Crippen molar-refractivity contribution in [2.24, 2.45) is 0 Å². The van der Waals surface area contributed by atoms with E-state index in [9.17, 15) is 9.59 Å². The van der Waals surface area contributed by atoms with Crippen LogP contribution in [-0.4, -0.2) is 24.1 Å². The summed E-state index contributed by atoms with van der Waals surface area (Å²) in [5.41, 5.74) is 0. The summed E-state index contributed by atoms with van der Waals surface area (Å²) in [6.45, 7) is 3.95. The second-order valence-electron chi connectivity index (χ2n) is 2.62. The van der Waals surface area contributed by atoms with Crippen LogP contribution < -0.4 is 10.0 Å². The molecule has 0 saturated carbocycles. The minimum atomic E-state index is -0.584. The summed E-state index contributed by atoms with van der Waals surface area (Å²) in [6, 6.07) is 0.0973. The maximum atomic E-state index is 11.1. The van der Waals surface area contributed by atoms with Gasteiger partial charge in [-0.05, 0) is 12.8 Å². The van der Waals surface area contributed by atoms with Gasteiger partial charge < -0.3 is 5.32 Å². The van der Waals surface area contributed by atoms with Crippen molar-refractivity contribution in [3.05, 3.63) is 0 Å². The van der Waals surface area contributed by atoms with Gasteiger partial charge in [0.15, 0.2) is 0 Å². The van der Waals surface area contributed by atoms with E-state index in [0.717, 1.165) is 24.8 Å². The molecule has 0 rings (SSSR count). The third-order valence-electron chi connectivity index (χ3n) is 1.72. The van der Waals surface area contributed by atoms with Crippen molar-refractivity contribution < 1.29 is 9.59 Å². The van der Waals surface area contributed by atoms with E-state index >= 15 is 0 Å². The van der Waals surface area contributed by atoms with E-state index in [1.165, 1.54) is 0 Å². The molecule has 0 atom stereocenters. The van der Waals surface area contributed by atoms with Gasteiger partial charge in [0.2, 0.25) is 0 Å². The van der Waals surface area contributed by atoms with Gasteiger partial charge in [-0.15, -0.1) is 0 Å². The molecule has 76 valence electrons. The number of carbonyl (C=O) groups excluding carboxylic acids is 2. The molecule has 2 amide bonds. The SMILES string of the molecule is CCC(CC)NC(=O)C(=O)NSC. The molecule has 0 bridgehead atoms. The average molecular weight is 204 g/mol. The van der Waals surface area contributed by atoms with E-state index in [4.69, 9.17) is 0 Å². The maximum Gasteiger partial charge on any atom is 0.319 e. The highest BCUT2D eigenvalue weighted by molar-refractivity contribution is 7.97. The van der Waals surface area contributed by atoms with Crippen LogP contribution >= 0.6 is 11.9 Å². The summed E-state index contributed by atoms with van der Waals surface area (Å²) in [4.78, 5) is 22.1. The van der Waals surface area contributed by atoms with Gasteiger partial charge in [0.05, 0.1) is 0 Å². The van der Waals surface area contributed by atoms with Gasteiger partial charge in [0, 0.05) is 12.3 Å². The van der Waals surface area contributed by atoms with Gasteiger partial charge in [-0.3, -0.25) is 14.3 Å². The minimum Gasteiger partial charge on any atom is -0.345 e. The highest BCUT2D eigenvalue weighted by Gasteiger charge is 2.15. The van der Waals surface area contributed by atoms with E-state index in [1.807, 2.05) is 13.8 Å². The fourth-order valence-corrected chi connectivity index (χ4v) is 1.16. The topological polar surface area (TPSA) is 58.2 Å². The zero-order chi connectivity index (χ0) is 10.3. The molecule has 4 nitrogen and oxygen atoms in total. The lowest BCUT2D eigenvalue weighted by Crippen LogP contribution is -2.42. The van der Waals surface area contributed by atoms with Crippen molar-refractivity contribution >= 4 is 23.8 Å². The number of rotatable bonds is 4. The summed E-state index contributed by atoms with van der Waals surface area (Å²) in [5.74, 6) is -1.14. The molecule has 0 aliphatic rings. The Balaban J connectivity index is 3.90. The molecule has 0 saturated heterocycles. The molecule has 0 spiro atoms. The first-order chi connectivity index (χ1) is 6.15. The predicted molar refractivity (Wildman–Crippen MR) is 54.2 cm³/mol. The number of amides is 2. The largest absolute Gasteiger partial charge is 0.345 e. The summed E-state index contributed by atoms with van der Waals surface area (Å²) in [5, 5.41) is 2.64. The summed E-state index contributed by atoms with van der Waals surface area (Å²) in [7, 11) is 0. The molecule has 0 aromatic carbocycles. The van der Waals surface area contributed by atoms with Crippen LogP contribution in [0, 0.1) is 0 Å². The zero-order valence-corrected chi connectivity index (χ0v) is 9.03. The molecule has 13 heavy (non-hydrogen) atoms. The van der Waals surface area contributed by atoms with Crippen LogP contribution in [0.3, 0.4) is 0 Å². The van der Waals surface area contributed by atoms with E-state index in [2.05, 4.69) is 10.0 Å². The molecule has 5 heteroatoms. The van der Waals surface area contributed by atoms with Gasteiger partial charge in [0.1, 0.15) is 0 Å². The Hall–Kier alpha value is -0.710. The first-order valence-electron chi connectivity index (χ1n) is 4.29. The molecule has 0 aromatic heterocycles. The van der Waals surface area contributed by atoms with Crippen LogP contribution in [-0.2, 0) is 9.59 Å². The van der Waals surface area contributed by atoms with Gasteiger partial charge >= 0.3 is 11.8 Å². The molecule has 0 aromatic rings. The quantitative estimate of drug-likeness (QED) is 0.523. The van der Waals surface area contributed by atoms with E-state index in [1.54, 1.807) is 6.26 Å². The fourth-order valence-electron chi connectivity index (χ4n) is 0.883. The van der Waals surface area contributed by atoms with Crippen LogP contribution in [0.15, 0.2) is 0 Å². The monoisotopic (exact) mass is 204 g/mol. The minimum absolute atomic E-state index is 0.0973. The van der Waals surface area contributed by atoms with Crippen LogP contribution in [0.5, 0.6) is 0 Å². The van der Waals surface area contributed by atoms with Gasteiger partial charge in [-0.1, -0.05) is 25.8 Å². The van der Waals surface area contributed by atoms with Crippen molar-refractivity contribution in [1.29, 1.82) is 0 Å². The molecular weight excluding hydrogens is 188 g/mol. The highest BCUT2D eigenvalue weighted by Crippen LogP contribution is 1.95. The molecular formula is C8H16N2O2S. The van der Waals surface area contributed by atoms with E-state index < -0.39 is 11.8 Å². The first kappa shape index (κ1) is 12.3. The second-order valence-corrected chi connectivity index (χ2v) is 3.23. The van der Waals surface area contributed by atoms with Crippen LogP contribution in [0.2, 0.25) is 0 Å². The Labute approximate surface area is 83.0 Å². The average Bonchev–Trinajstić information content (AvgIpc) is 2.14. The lowest BCUT2D eigenvalue weighted by Gasteiger charge is -2.13. The van der Waals surface area contributed by atoms with Crippen LogP contribution in [0.25, 0.3) is 0 Å². The first-order valence-corrected chi connectivity index (χ1v) is 5.51. The number of carbonyl (C=O) groups is 2. The Bertz CT molecular complexity index is 181. The summed E-state index contributed by atoms with van der Waals surface area (Å²) >= 11 is 1.12. The predicted octanol–water partition coefficient (Wildman–Crippen LogP) is 0.685. The van der Waals surface area contributed by atoms with Crippen LogP contribution in [0.1, 0.15) is 26.7 Å². The van der Waals surface area contributed by atoms with E-state index in [0.29, 0.717) is 0 Å². The normalized spacial score (nSPS) is 9.85. The molecule has 0 aliphatic carbocycles. The van der Waals surface area contributed by atoms with Crippen molar-refractivity contribution in [3.63, 3.8) is 0 Å². The molecule has 0 unspecified atom stereocenters. The third-order valence-corrected chi connectivity index (χ3v) is 2.11. The Morgan fingerprint density at radius 3 is 2.15 bits per heavy atom. The van der Waals surface area contributed by atoms with Gasteiger partial charge in [-0.25, -0.2) is 0 Å². The fraction of sp³-hybridized carbons (Fsp3) is 0.750. The van der Waals surface area contributed by atoms with Gasteiger partial charge in [-0.2, -0.15) is 0 Å². The smallest absolute Gasteiger partial charge is 0.319 e. The lowest BCUT2D eigenvalue weighted by atomic mass is 10.2. The van der Waals surface area contributed by atoms with Crippen molar-refractivity contribution in [3.8, 4) is 0 Å². The summed E-state index contributed by atoms with van der Waals surface area (Å²) in [6.07, 6.45) is 3.38. The molecule has 0 fully saturated rings.